The Morgan fingerprint density at radius 2 is 2.00 bits per heavy atom. The van der Waals surface area contributed by atoms with Crippen LogP contribution in [0.1, 0.15) is 23.0 Å². The molecule has 0 radical (unpaired) electrons. The lowest BCUT2D eigenvalue weighted by atomic mass is 10.0. The predicted octanol–water partition coefficient (Wildman–Crippen LogP) is 1.74. The number of pyridine rings is 1. The van der Waals surface area contributed by atoms with Crippen LogP contribution in [-0.4, -0.2) is 43.3 Å². The third-order valence-corrected chi connectivity index (χ3v) is 4.89. The molecule has 0 N–H and O–H groups in total. The Labute approximate surface area is 156 Å². The topological polar surface area (TPSA) is 81.0 Å². The van der Waals surface area contributed by atoms with Gasteiger partial charge in [0.15, 0.2) is 12.1 Å². The van der Waals surface area contributed by atoms with Crippen molar-refractivity contribution in [3.8, 4) is 11.4 Å². The van der Waals surface area contributed by atoms with E-state index in [9.17, 15) is 9.59 Å². The van der Waals surface area contributed by atoms with Crippen molar-refractivity contribution in [2.75, 3.05) is 6.54 Å². The van der Waals surface area contributed by atoms with Gasteiger partial charge in [-0.2, -0.15) is 5.10 Å². The smallest absolute Gasteiger partial charge is 0.216 e. The lowest BCUT2D eigenvalue weighted by Gasteiger charge is -2.21. The quantitative estimate of drug-likeness (QED) is 0.491. The van der Waals surface area contributed by atoms with Gasteiger partial charge in [0, 0.05) is 44.5 Å². The van der Waals surface area contributed by atoms with Crippen LogP contribution in [0.5, 0.6) is 0 Å². The summed E-state index contributed by atoms with van der Waals surface area (Å²) in [6.45, 7) is 1.26. The first-order valence-electron chi connectivity index (χ1n) is 8.78. The number of aldehydes is 1. The molecule has 1 aliphatic rings. The van der Waals surface area contributed by atoms with Gasteiger partial charge in [0.25, 0.3) is 0 Å². The second-order valence-corrected chi connectivity index (χ2v) is 6.55. The Balaban J connectivity index is 1.53. The molecule has 0 amide bonds. The largest absolute Gasteiger partial charge is 0.295 e. The van der Waals surface area contributed by atoms with Gasteiger partial charge in [-0.1, -0.05) is 24.3 Å². The SMILES string of the molecule is Cn1nc(-c2ccncc2)nc1CCN1Cc2ccccc2C1C(=O)C=O. The number of aryl methyl sites for hydroxylation is 1. The van der Waals surface area contributed by atoms with Gasteiger partial charge in [-0.05, 0) is 23.3 Å². The molecule has 0 fully saturated rings. The van der Waals surface area contributed by atoms with Crippen molar-refractivity contribution < 1.29 is 9.59 Å². The molecule has 3 heterocycles. The maximum atomic E-state index is 12.2. The van der Waals surface area contributed by atoms with Crippen LogP contribution >= 0.6 is 0 Å². The summed E-state index contributed by atoms with van der Waals surface area (Å²) in [5.41, 5.74) is 2.92. The lowest BCUT2D eigenvalue weighted by molar-refractivity contribution is -0.133. The fourth-order valence-electron chi connectivity index (χ4n) is 3.56. The van der Waals surface area contributed by atoms with Crippen LogP contribution in [0.4, 0.5) is 0 Å². The van der Waals surface area contributed by atoms with Gasteiger partial charge in [0.2, 0.25) is 5.78 Å². The first-order chi connectivity index (χ1) is 13.2. The number of Topliss-reactive ketones (excluding diaryl/α,β-unsaturated/α-hetero) is 1. The minimum atomic E-state index is -0.508. The van der Waals surface area contributed by atoms with E-state index in [1.807, 2.05) is 48.3 Å². The van der Waals surface area contributed by atoms with E-state index in [4.69, 9.17) is 0 Å². The Kier molecular flexibility index (Phi) is 4.60. The summed E-state index contributed by atoms with van der Waals surface area (Å²) < 4.78 is 1.76. The number of hydrogen-bond acceptors (Lipinski definition) is 6. The average molecular weight is 361 g/mol. The molecule has 1 atom stereocenters. The fraction of sp³-hybridized carbons (Fsp3) is 0.250. The highest BCUT2D eigenvalue weighted by atomic mass is 16.2. The molecule has 136 valence electrons. The third-order valence-electron chi connectivity index (χ3n) is 4.89. The van der Waals surface area contributed by atoms with E-state index in [-0.39, 0.29) is 0 Å². The van der Waals surface area contributed by atoms with E-state index in [2.05, 4.69) is 15.1 Å². The highest BCUT2D eigenvalue weighted by Crippen LogP contribution is 2.33. The Morgan fingerprint density at radius 3 is 2.78 bits per heavy atom. The normalized spacial score (nSPS) is 16.3. The first kappa shape index (κ1) is 17.2. The molecule has 0 saturated heterocycles. The van der Waals surface area contributed by atoms with Crippen molar-refractivity contribution in [2.24, 2.45) is 7.05 Å². The molecule has 27 heavy (non-hydrogen) atoms. The van der Waals surface area contributed by atoms with E-state index in [1.165, 1.54) is 0 Å². The van der Waals surface area contributed by atoms with Crippen molar-refractivity contribution in [3.63, 3.8) is 0 Å². The van der Waals surface area contributed by atoms with E-state index in [1.54, 1.807) is 17.1 Å². The molecular formula is C20H19N5O2. The zero-order valence-corrected chi connectivity index (χ0v) is 14.9. The van der Waals surface area contributed by atoms with Crippen molar-refractivity contribution in [3.05, 3.63) is 65.7 Å². The number of aromatic nitrogens is 4. The lowest BCUT2D eigenvalue weighted by Crippen LogP contribution is -2.31. The minimum absolute atomic E-state index is 0.407. The zero-order chi connectivity index (χ0) is 18.8. The maximum Gasteiger partial charge on any atom is 0.216 e. The van der Waals surface area contributed by atoms with Gasteiger partial charge in [-0.3, -0.25) is 24.2 Å². The van der Waals surface area contributed by atoms with Crippen LogP contribution in [0.3, 0.4) is 0 Å². The molecule has 0 bridgehead atoms. The van der Waals surface area contributed by atoms with E-state index in [0.29, 0.717) is 31.6 Å². The Hall–Kier alpha value is -3.19. The molecule has 7 nitrogen and oxygen atoms in total. The van der Waals surface area contributed by atoms with Crippen molar-refractivity contribution in [1.29, 1.82) is 0 Å². The predicted molar refractivity (Wildman–Crippen MR) is 98.6 cm³/mol. The van der Waals surface area contributed by atoms with Gasteiger partial charge in [0.05, 0.1) is 0 Å². The third kappa shape index (κ3) is 3.29. The molecule has 7 heteroatoms. The Bertz CT molecular complexity index is 983. The molecule has 1 aliphatic heterocycles. The van der Waals surface area contributed by atoms with E-state index >= 15 is 0 Å². The van der Waals surface area contributed by atoms with Crippen LogP contribution < -0.4 is 0 Å². The highest BCUT2D eigenvalue weighted by Gasteiger charge is 2.34. The molecule has 0 spiro atoms. The van der Waals surface area contributed by atoms with Crippen molar-refractivity contribution in [1.82, 2.24) is 24.6 Å². The molecular weight excluding hydrogens is 342 g/mol. The van der Waals surface area contributed by atoms with Gasteiger partial charge >= 0.3 is 0 Å². The highest BCUT2D eigenvalue weighted by molar-refractivity contribution is 6.27. The standard InChI is InChI=1S/C20H19N5O2/c1-24-18(22-20(23-24)14-6-9-21-10-7-14)8-11-25-12-15-4-2-3-5-16(15)19(25)17(27)13-26/h2-7,9-10,13,19H,8,11-12H2,1H3. The van der Waals surface area contributed by atoms with Crippen molar-refractivity contribution in [2.45, 2.75) is 19.0 Å². The van der Waals surface area contributed by atoms with E-state index in [0.717, 1.165) is 22.5 Å². The Morgan fingerprint density at radius 1 is 1.22 bits per heavy atom. The monoisotopic (exact) mass is 361 g/mol. The van der Waals surface area contributed by atoms with Crippen LogP contribution in [0.15, 0.2) is 48.8 Å². The molecule has 1 unspecified atom stereocenters. The summed E-state index contributed by atoms with van der Waals surface area (Å²) >= 11 is 0. The average Bonchev–Trinajstić information content (AvgIpc) is 3.26. The van der Waals surface area contributed by atoms with Crippen LogP contribution in [0.2, 0.25) is 0 Å². The number of ketones is 1. The summed E-state index contributed by atoms with van der Waals surface area (Å²) in [7, 11) is 1.86. The van der Waals surface area contributed by atoms with E-state index < -0.39 is 11.8 Å². The summed E-state index contributed by atoms with van der Waals surface area (Å²) in [6.07, 6.45) is 4.47. The van der Waals surface area contributed by atoms with Gasteiger partial charge < -0.3 is 0 Å². The van der Waals surface area contributed by atoms with Crippen LogP contribution in [-0.2, 0) is 29.6 Å². The first-order valence-corrected chi connectivity index (χ1v) is 8.78. The maximum absolute atomic E-state index is 12.2. The van der Waals surface area contributed by atoms with Gasteiger partial charge in [-0.25, -0.2) is 4.98 Å². The summed E-state index contributed by atoms with van der Waals surface area (Å²) in [6, 6.07) is 11.0. The summed E-state index contributed by atoms with van der Waals surface area (Å²) in [5, 5.41) is 4.47. The molecule has 0 aliphatic carbocycles. The van der Waals surface area contributed by atoms with Gasteiger partial charge in [0.1, 0.15) is 11.9 Å². The number of benzene rings is 1. The number of carbonyl (C=O) groups excluding carboxylic acids is 2. The molecule has 2 aromatic heterocycles. The summed E-state index contributed by atoms with van der Waals surface area (Å²) in [4.78, 5) is 34.0. The molecule has 1 aromatic carbocycles. The molecule has 0 saturated carbocycles. The van der Waals surface area contributed by atoms with Crippen LogP contribution in [0.25, 0.3) is 11.4 Å². The fourth-order valence-corrected chi connectivity index (χ4v) is 3.56. The second-order valence-electron chi connectivity index (χ2n) is 6.55. The molecule has 3 aromatic rings. The zero-order valence-electron chi connectivity index (χ0n) is 14.9. The number of fused-ring (bicyclic) bond motifs is 1. The van der Waals surface area contributed by atoms with Gasteiger partial charge in [-0.15, -0.1) is 0 Å². The second kappa shape index (κ2) is 7.20. The summed E-state index contributed by atoms with van der Waals surface area (Å²) in [5.74, 6) is 1.07. The number of carbonyl (C=O) groups is 2. The number of hydrogen-bond donors (Lipinski definition) is 0. The van der Waals surface area contributed by atoms with Crippen molar-refractivity contribution >= 4 is 12.1 Å². The number of nitrogens with zero attached hydrogens (tertiary/aromatic N) is 5. The number of rotatable bonds is 6. The molecule has 4 rings (SSSR count). The van der Waals surface area contributed by atoms with Crippen LogP contribution in [0, 0.1) is 0 Å². The minimum Gasteiger partial charge on any atom is -0.295 e.